The molecule has 0 aromatic carbocycles. The Kier molecular flexibility index (Phi) is 3.33. The molecule has 1 aliphatic heterocycles. The summed E-state index contributed by atoms with van der Waals surface area (Å²) in [5, 5.41) is 8.64. The molecule has 1 unspecified atom stereocenters. The number of carbonyl (C=O) groups excluding carboxylic acids is 1. The minimum absolute atomic E-state index is 0.0203. The monoisotopic (exact) mass is 300 g/mol. The number of pyridine rings is 1. The Morgan fingerprint density at radius 1 is 1.36 bits per heavy atom. The first-order chi connectivity index (χ1) is 10.8. The van der Waals surface area contributed by atoms with Crippen LogP contribution in [0.15, 0.2) is 18.3 Å². The lowest BCUT2D eigenvalue weighted by Crippen LogP contribution is -2.33. The SMILES string of the molecule is COCC(=O)N1CCCC1c1nnn2cc(C3CC3)ccc12. The minimum Gasteiger partial charge on any atom is -0.375 e. The molecule has 4 rings (SSSR count). The highest BCUT2D eigenvalue weighted by Crippen LogP contribution is 2.40. The van der Waals surface area contributed by atoms with Crippen molar-refractivity contribution in [1.29, 1.82) is 0 Å². The molecule has 116 valence electrons. The maximum Gasteiger partial charge on any atom is 0.249 e. The molecule has 1 saturated heterocycles. The van der Waals surface area contributed by atoms with Gasteiger partial charge in [0.05, 0.1) is 11.6 Å². The smallest absolute Gasteiger partial charge is 0.249 e. The summed E-state index contributed by atoms with van der Waals surface area (Å²) in [6.07, 6.45) is 6.57. The second-order valence-corrected chi connectivity index (χ2v) is 6.22. The second kappa shape index (κ2) is 5.35. The van der Waals surface area contributed by atoms with E-state index in [2.05, 4.69) is 28.6 Å². The molecule has 1 aliphatic carbocycles. The van der Waals surface area contributed by atoms with Crippen LogP contribution in [0.1, 0.15) is 48.9 Å². The first-order valence-electron chi connectivity index (χ1n) is 7.91. The lowest BCUT2D eigenvalue weighted by atomic mass is 10.1. The van der Waals surface area contributed by atoms with Crippen molar-refractivity contribution < 1.29 is 9.53 Å². The summed E-state index contributed by atoms with van der Waals surface area (Å²) in [4.78, 5) is 14.1. The summed E-state index contributed by atoms with van der Waals surface area (Å²) in [6, 6.07) is 4.29. The quantitative estimate of drug-likeness (QED) is 0.865. The molecule has 0 N–H and O–H groups in total. The fourth-order valence-electron chi connectivity index (χ4n) is 3.38. The molecular weight excluding hydrogens is 280 g/mol. The van der Waals surface area contributed by atoms with Crippen LogP contribution in [-0.4, -0.2) is 45.9 Å². The number of rotatable bonds is 4. The summed E-state index contributed by atoms with van der Waals surface area (Å²) >= 11 is 0. The van der Waals surface area contributed by atoms with Crippen LogP contribution in [0.3, 0.4) is 0 Å². The van der Waals surface area contributed by atoms with Gasteiger partial charge in [-0.15, -0.1) is 5.10 Å². The standard InChI is InChI=1S/C16H20N4O2/c1-22-10-15(21)19-8-2-3-13(19)16-14-7-6-12(11-4-5-11)9-20(14)18-17-16/h6-7,9,11,13H,2-5,8,10H2,1H3. The molecule has 2 fully saturated rings. The van der Waals surface area contributed by atoms with Gasteiger partial charge in [0.2, 0.25) is 5.91 Å². The van der Waals surface area contributed by atoms with Crippen LogP contribution in [-0.2, 0) is 9.53 Å². The van der Waals surface area contributed by atoms with E-state index < -0.39 is 0 Å². The molecule has 6 nitrogen and oxygen atoms in total. The maximum atomic E-state index is 12.2. The van der Waals surface area contributed by atoms with Crippen molar-refractivity contribution in [3.63, 3.8) is 0 Å². The van der Waals surface area contributed by atoms with E-state index in [1.807, 2.05) is 9.42 Å². The van der Waals surface area contributed by atoms with Crippen LogP contribution in [0.25, 0.3) is 5.52 Å². The number of hydrogen-bond acceptors (Lipinski definition) is 4. The fourth-order valence-corrected chi connectivity index (χ4v) is 3.38. The molecule has 2 aromatic rings. The van der Waals surface area contributed by atoms with Crippen LogP contribution in [0, 0.1) is 0 Å². The predicted octanol–water partition coefficient (Wildman–Crippen LogP) is 1.92. The Bertz CT molecular complexity index is 707. The molecule has 1 saturated carbocycles. The van der Waals surface area contributed by atoms with Gasteiger partial charge in [-0.25, -0.2) is 4.52 Å². The minimum atomic E-state index is 0.0203. The summed E-state index contributed by atoms with van der Waals surface area (Å²) in [5.74, 6) is 0.726. The van der Waals surface area contributed by atoms with Crippen LogP contribution in [0.5, 0.6) is 0 Å². The number of fused-ring (bicyclic) bond motifs is 1. The molecule has 6 heteroatoms. The van der Waals surface area contributed by atoms with Crippen LogP contribution < -0.4 is 0 Å². The molecular formula is C16H20N4O2. The van der Waals surface area contributed by atoms with Gasteiger partial charge in [0, 0.05) is 19.9 Å². The van der Waals surface area contributed by atoms with Crippen molar-refractivity contribution in [3.8, 4) is 0 Å². The summed E-state index contributed by atoms with van der Waals surface area (Å²) < 4.78 is 6.85. The van der Waals surface area contributed by atoms with Crippen LogP contribution in [0.2, 0.25) is 0 Å². The van der Waals surface area contributed by atoms with E-state index in [9.17, 15) is 4.79 Å². The number of nitrogens with zero attached hydrogens (tertiary/aromatic N) is 4. The molecule has 0 bridgehead atoms. The highest BCUT2D eigenvalue weighted by Gasteiger charge is 2.33. The zero-order valence-electron chi connectivity index (χ0n) is 12.7. The van der Waals surface area contributed by atoms with E-state index in [-0.39, 0.29) is 18.6 Å². The van der Waals surface area contributed by atoms with Crippen molar-refractivity contribution in [2.24, 2.45) is 0 Å². The zero-order valence-corrected chi connectivity index (χ0v) is 12.7. The van der Waals surface area contributed by atoms with Gasteiger partial charge in [-0.05, 0) is 43.2 Å². The maximum absolute atomic E-state index is 12.2. The normalized spacial score (nSPS) is 21.7. The number of methoxy groups -OCH3 is 1. The lowest BCUT2D eigenvalue weighted by molar-refractivity contribution is -0.136. The second-order valence-electron chi connectivity index (χ2n) is 6.22. The van der Waals surface area contributed by atoms with E-state index in [0.717, 1.165) is 30.6 Å². The van der Waals surface area contributed by atoms with E-state index in [0.29, 0.717) is 5.92 Å². The van der Waals surface area contributed by atoms with Crippen LogP contribution in [0.4, 0.5) is 0 Å². The fraction of sp³-hybridized carbons (Fsp3) is 0.562. The van der Waals surface area contributed by atoms with Crippen molar-refractivity contribution in [2.45, 2.75) is 37.6 Å². The molecule has 22 heavy (non-hydrogen) atoms. The van der Waals surface area contributed by atoms with Crippen LogP contribution >= 0.6 is 0 Å². The van der Waals surface area contributed by atoms with E-state index in [4.69, 9.17) is 4.74 Å². The van der Waals surface area contributed by atoms with Crippen molar-refractivity contribution in [2.75, 3.05) is 20.3 Å². The van der Waals surface area contributed by atoms with Crippen molar-refractivity contribution in [3.05, 3.63) is 29.6 Å². The molecule has 2 aromatic heterocycles. The lowest BCUT2D eigenvalue weighted by Gasteiger charge is -2.23. The van der Waals surface area contributed by atoms with Gasteiger partial charge in [0.15, 0.2) is 0 Å². The van der Waals surface area contributed by atoms with Gasteiger partial charge in [0.1, 0.15) is 12.3 Å². The molecule has 1 amide bonds. The summed E-state index contributed by atoms with van der Waals surface area (Å²) in [6.45, 7) is 0.896. The largest absolute Gasteiger partial charge is 0.375 e. The number of likely N-dealkylation sites (tertiary alicyclic amines) is 1. The Morgan fingerprint density at radius 2 is 2.23 bits per heavy atom. The highest BCUT2D eigenvalue weighted by molar-refractivity contribution is 5.78. The third kappa shape index (κ3) is 2.27. The Morgan fingerprint density at radius 3 is 3.00 bits per heavy atom. The highest BCUT2D eigenvalue weighted by atomic mass is 16.5. The Labute approximate surface area is 129 Å². The number of aromatic nitrogens is 3. The van der Waals surface area contributed by atoms with Gasteiger partial charge in [0.25, 0.3) is 0 Å². The van der Waals surface area contributed by atoms with E-state index in [1.54, 1.807) is 7.11 Å². The average Bonchev–Trinajstić information content (AvgIpc) is 3.11. The molecule has 2 aliphatic rings. The summed E-state index contributed by atoms with van der Waals surface area (Å²) in [5.41, 5.74) is 3.25. The number of ether oxygens (including phenoxy) is 1. The number of hydrogen-bond donors (Lipinski definition) is 0. The van der Waals surface area contributed by atoms with Gasteiger partial charge < -0.3 is 9.64 Å². The van der Waals surface area contributed by atoms with Gasteiger partial charge in [-0.1, -0.05) is 11.3 Å². The zero-order chi connectivity index (χ0) is 15.1. The third-order valence-corrected chi connectivity index (χ3v) is 4.67. The Balaban J connectivity index is 1.66. The predicted molar refractivity (Wildman–Crippen MR) is 80.5 cm³/mol. The molecule has 0 radical (unpaired) electrons. The third-order valence-electron chi connectivity index (χ3n) is 4.67. The van der Waals surface area contributed by atoms with Crippen molar-refractivity contribution >= 4 is 11.4 Å². The first-order valence-corrected chi connectivity index (χ1v) is 7.91. The van der Waals surface area contributed by atoms with Crippen molar-refractivity contribution in [1.82, 2.24) is 19.7 Å². The first kappa shape index (κ1) is 13.7. The topological polar surface area (TPSA) is 59.7 Å². The van der Waals surface area contributed by atoms with Gasteiger partial charge >= 0.3 is 0 Å². The van der Waals surface area contributed by atoms with E-state index >= 15 is 0 Å². The van der Waals surface area contributed by atoms with E-state index in [1.165, 1.54) is 18.4 Å². The number of amides is 1. The molecule has 3 heterocycles. The average molecular weight is 300 g/mol. The number of carbonyl (C=O) groups is 1. The Hall–Kier alpha value is -1.95. The summed E-state index contributed by atoms with van der Waals surface area (Å²) in [7, 11) is 1.55. The van der Waals surface area contributed by atoms with Gasteiger partial charge in [-0.3, -0.25) is 4.79 Å². The molecule has 0 spiro atoms. The van der Waals surface area contributed by atoms with Gasteiger partial charge in [-0.2, -0.15) is 0 Å². The molecule has 1 atom stereocenters.